The standard InChI is InChI=1S/C18H14ClNO4S2/c1-24-18(21)16-14(20)17(15(25-16)11-5-3-2-4-6-11)26(22,23)13-9-7-12(19)8-10-13/h2-10H,20H2,1H3. The molecule has 0 aliphatic rings. The van der Waals surface area contributed by atoms with Crippen LogP contribution in [0.25, 0.3) is 10.4 Å². The number of methoxy groups -OCH3 is 1. The Hall–Kier alpha value is -2.35. The van der Waals surface area contributed by atoms with E-state index in [0.29, 0.717) is 15.5 Å². The number of esters is 1. The van der Waals surface area contributed by atoms with Crippen molar-refractivity contribution in [3.05, 3.63) is 64.5 Å². The lowest BCUT2D eigenvalue weighted by Crippen LogP contribution is -2.07. The molecular weight excluding hydrogens is 394 g/mol. The Kier molecular flexibility index (Phi) is 5.04. The summed E-state index contributed by atoms with van der Waals surface area (Å²) < 4.78 is 31.2. The van der Waals surface area contributed by atoms with Gasteiger partial charge in [0.2, 0.25) is 9.84 Å². The Morgan fingerprint density at radius 3 is 2.27 bits per heavy atom. The molecule has 8 heteroatoms. The van der Waals surface area contributed by atoms with Crippen LogP contribution in [0.3, 0.4) is 0 Å². The lowest BCUT2D eigenvalue weighted by Gasteiger charge is -2.08. The average Bonchev–Trinajstić information content (AvgIpc) is 3.00. The number of halogens is 1. The van der Waals surface area contributed by atoms with Gasteiger partial charge in [-0.25, -0.2) is 13.2 Å². The number of sulfone groups is 1. The number of nitrogen functional groups attached to an aromatic ring is 1. The molecule has 2 N–H and O–H groups in total. The number of benzene rings is 2. The van der Waals surface area contributed by atoms with Crippen LogP contribution >= 0.6 is 22.9 Å². The lowest BCUT2D eigenvalue weighted by molar-refractivity contribution is 0.0607. The first-order valence-corrected chi connectivity index (χ1v) is 10.1. The SMILES string of the molecule is COC(=O)c1sc(-c2ccccc2)c(S(=O)(=O)c2ccc(Cl)cc2)c1N. The van der Waals surface area contributed by atoms with Crippen molar-refractivity contribution in [2.75, 3.05) is 12.8 Å². The summed E-state index contributed by atoms with van der Waals surface area (Å²) in [4.78, 5) is 12.4. The third kappa shape index (κ3) is 3.21. The van der Waals surface area contributed by atoms with Crippen molar-refractivity contribution in [1.29, 1.82) is 0 Å². The molecule has 0 aliphatic heterocycles. The van der Waals surface area contributed by atoms with Gasteiger partial charge < -0.3 is 10.5 Å². The molecule has 5 nitrogen and oxygen atoms in total. The van der Waals surface area contributed by atoms with Crippen molar-refractivity contribution in [1.82, 2.24) is 0 Å². The molecule has 0 fully saturated rings. The van der Waals surface area contributed by atoms with Crippen LogP contribution < -0.4 is 5.73 Å². The molecule has 0 radical (unpaired) electrons. The Morgan fingerprint density at radius 1 is 1.08 bits per heavy atom. The van der Waals surface area contributed by atoms with E-state index in [1.807, 2.05) is 6.07 Å². The van der Waals surface area contributed by atoms with Crippen LogP contribution in [0.15, 0.2) is 64.4 Å². The molecule has 3 aromatic rings. The van der Waals surface area contributed by atoms with Gasteiger partial charge in [-0.1, -0.05) is 41.9 Å². The summed E-state index contributed by atoms with van der Waals surface area (Å²) in [5.74, 6) is -0.678. The molecule has 1 heterocycles. The highest BCUT2D eigenvalue weighted by Gasteiger charge is 2.31. The molecule has 0 unspecified atom stereocenters. The molecule has 3 rings (SSSR count). The van der Waals surface area contributed by atoms with Gasteiger partial charge in [0.1, 0.15) is 9.77 Å². The van der Waals surface area contributed by atoms with E-state index in [1.54, 1.807) is 24.3 Å². The molecule has 1 aromatic heterocycles. The molecule has 2 aromatic carbocycles. The van der Waals surface area contributed by atoms with E-state index >= 15 is 0 Å². The van der Waals surface area contributed by atoms with Gasteiger partial charge in [-0.2, -0.15) is 0 Å². The van der Waals surface area contributed by atoms with Crippen LogP contribution in [0.4, 0.5) is 5.69 Å². The molecule has 134 valence electrons. The Labute approximate surface area is 159 Å². The second-order valence-electron chi connectivity index (χ2n) is 5.32. The fourth-order valence-electron chi connectivity index (χ4n) is 2.45. The van der Waals surface area contributed by atoms with Crippen LogP contribution in [0.1, 0.15) is 9.67 Å². The topological polar surface area (TPSA) is 86.5 Å². The molecule has 26 heavy (non-hydrogen) atoms. The van der Waals surface area contributed by atoms with E-state index in [0.717, 1.165) is 11.3 Å². The smallest absolute Gasteiger partial charge is 0.350 e. The fourth-order valence-corrected chi connectivity index (χ4v) is 5.62. The molecule has 0 aliphatic carbocycles. The molecule has 0 amide bonds. The maximum absolute atomic E-state index is 13.2. The number of nitrogens with two attached hydrogens (primary N) is 1. The van der Waals surface area contributed by atoms with Gasteiger partial charge in [0.05, 0.1) is 22.6 Å². The van der Waals surface area contributed by atoms with E-state index in [2.05, 4.69) is 0 Å². The number of carbonyl (C=O) groups is 1. The van der Waals surface area contributed by atoms with Gasteiger partial charge in [-0.3, -0.25) is 0 Å². The first kappa shape index (κ1) is 18.4. The number of hydrogen-bond acceptors (Lipinski definition) is 6. The summed E-state index contributed by atoms with van der Waals surface area (Å²) in [6, 6.07) is 14.7. The van der Waals surface area contributed by atoms with E-state index in [-0.39, 0.29) is 20.4 Å². The molecular formula is C18H14ClNO4S2. The first-order chi connectivity index (χ1) is 12.4. The van der Waals surface area contributed by atoms with Crippen molar-refractivity contribution in [3.63, 3.8) is 0 Å². The maximum atomic E-state index is 13.2. The van der Waals surface area contributed by atoms with Gasteiger partial charge >= 0.3 is 5.97 Å². The van der Waals surface area contributed by atoms with Crippen LogP contribution in [-0.2, 0) is 14.6 Å². The maximum Gasteiger partial charge on any atom is 0.350 e. The Bertz CT molecular complexity index is 1060. The highest BCUT2D eigenvalue weighted by Crippen LogP contribution is 2.44. The summed E-state index contributed by atoms with van der Waals surface area (Å²) in [5.41, 5.74) is 6.61. The number of rotatable bonds is 4. The van der Waals surface area contributed by atoms with Gasteiger partial charge in [0.25, 0.3) is 0 Å². The second kappa shape index (κ2) is 7.11. The van der Waals surface area contributed by atoms with E-state index in [9.17, 15) is 13.2 Å². The number of hydrogen-bond donors (Lipinski definition) is 1. The summed E-state index contributed by atoms with van der Waals surface area (Å²) in [6.07, 6.45) is 0. The molecule has 0 spiro atoms. The fraction of sp³-hybridized carbons (Fsp3) is 0.0556. The van der Waals surface area contributed by atoms with Gasteiger partial charge in [-0.05, 0) is 29.8 Å². The quantitative estimate of drug-likeness (QED) is 0.652. The zero-order valence-electron chi connectivity index (χ0n) is 13.6. The molecule has 0 atom stereocenters. The third-order valence-corrected chi connectivity index (χ3v) is 7.17. The average molecular weight is 408 g/mol. The second-order valence-corrected chi connectivity index (χ2v) is 8.66. The molecule has 0 saturated carbocycles. The minimum absolute atomic E-state index is 0.0417. The summed E-state index contributed by atoms with van der Waals surface area (Å²) >= 11 is 6.84. The van der Waals surface area contributed by atoms with Crippen molar-refractivity contribution in [2.45, 2.75) is 9.79 Å². The minimum atomic E-state index is -3.97. The van der Waals surface area contributed by atoms with Crippen LogP contribution in [-0.4, -0.2) is 21.5 Å². The van der Waals surface area contributed by atoms with Gasteiger partial charge in [0.15, 0.2) is 0 Å². The largest absolute Gasteiger partial charge is 0.465 e. The third-order valence-electron chi connectivity index (χ3n) is 3.70. The van der Waals surface area contributed by atoms with Crippen LogP contribution in [0.5, 0.6) is 0 Å². The monoisotopic (exact) mass is 407 g/mol. The number of ether oxygens (including phenoxy) is 1. The van der Waals surface area contributed by atoms with Crippen LogP contribution in [0, 0.1) is 0 Å². The van der Waals surface area contributed by atoms with Crippen molar-refractivity contribution >= 4 is 44.4 Å². The Morgan fingerprint density at radius 2 is 1.69 bits per heavy atom. The van der Waals surface area contributed by atoms with E-state index < -0.39 is 15.8 Å². The van der Waals surface area contributed by atoms with Crippen molar-refractivity contribution in [3.8, 4) is 10.4 Å². The number of carbonyl (C=O) groups excluding carboxylic acids is 1. The normalized spacial score (nSPS) is 11.3. The van der Waals surface area contributed by atoms with E-state index in [1.165, 1.54) is 31.4 Å². The van der Waals surface area contributed by atoms with Gasteiger partial charge in [0, 0.05) is 5.02 Å². The van der Waals surface area contributed by atoms with Crippen LogP contribution in [0.2, 0.25) is 5.02 Å². The van der Waals surface area contributed by atoms with Crippen molar-refractivity contribution < 1.29 is 17.9 Å². The number of thiophene rings is 1. The number of anilines is 1. The summed E-state index contributed by atoms with van der Waals surface area (Å²) in [6.45, 7) is 0. The zero-order valence-corrected chi connectivity index (χ0v) is 16.0. The molecule has 0 saturated heterocycles. The molecule has 0 bridgehead atoms. The predicted octanol–water partition coefficient (Wildman–Crippen LogP) is 4.27. The Balaban J connectivity index is 2.30. The minimum Gasteiger partial charge on any atom is -0.465 e. The van der Waals surface area contributed by atoms with Crippen molar-refractivity contribution in [2.24, 2.45) is 0 Å². The highest BCUT2D eigenvalue weighted by atomic mass is 35.5. The zero-order chi connectivity index (χ0) is 18.9. The predicted molar refractivity (Wildman–Crippen MR) is 102 cm³/mol. The lowest BCUT2D eigenvalue weighted by atomic mass is 10.2. The highest BCUT2D eigenvalue weighted by molar-refractivity contribution is 7.92. The summed E-state index contributed by atoms with van der Waals surface area (Å²) in [5, 5.41) is 0.417. The first-order valence-electron chi connectivity index (χ1n) is 7.43. The van der Waals surface area contributed by atoms with Gasteiger partial charge in [-0.15, -0.1) is 11.3 Å². The van der Waals surface area contributed by atoms with E-state index in [4.69, 9.17) is 22.1 Å². The summed E-state index contributed by atoms with van der Waals surface area (Å²) in [7, 11) is -2.75.